The quantitative estimate of drug-likeness (QED) is 0.864. The standard InChI is InChI=1S/C16H23FN2O3S/c1-3-15-8-5-9-19(15)16(20)12(2)11-23(21,22)18-14-7-4-6-13(17)10-14/h4,6-7,10,12,15,18H,3,5,8-9,11H2,1-2H3. The number of rotatable bonds is 6. The van der Waals surface area contributed by atoms with E-state index in [2.05, 4.69) is 4.72 Å². The van der Waals surface area contributed by atoms with Crippen molar-refractivity contribution in [1.29, 1.82) is 0 Å². The zero-order chi connectivity index (χ0) is 17.0. The first kappa shape index (κ1) is 17.7. The molecule has 1 heterocycles. The Morgan fingerprint density at radius 3 is 2.87 bits per heavy atom. The van der Waals surface area contributed by atoms with Crippen molar-refractivity contribution in [2.75, 3.05) is 17.0 Å². The van der Waals surface area contributed by atoms with E-state index in [1.807, 2.05) is 6.92 Å². The van der Waals surface area contributed by atoms with Gasteiger partial charge in [-0.3, -0.25) is 9.52 Å². The summed E-state index contributed by atoms with van der Waals surface area (Å²) in [6.07, 6.45) is 2.82. The van der Waals surface area contributed by atoms with Gasteiger partial charge >= 0.3 is 0 Å². The molecule has 0 aliphatic carbocycles. The Kier molecular flexibility index (Phi) is 5.62. The van der Waals surface area contributed by atoms with E-state index in [9.17, 15) is 17.6 Å². The average Bonchev–Trinajstić information content (AvgIpc) is 2.93. The van der Waals surface area contributed by atoms with Crippen molar-refractivity contribution >= 4 is 21.6 Å². The first-order valence-corrected chi connectivity index (χ1v) is 9.54. The van der Waals surface area contributed by atoms with Crippen LogP contribution in [0.4, 0.5) is 10.1 Å². The van der Waals surface area contributed by atoms with Crippen LogP contribution in [-0.2, 0) is 14.8 Å². The molecule has 5 nitrogen and oxygen atoms in total. The third kappa shape index (κ3) is 4.67. The van der Waals surface area contributed by atoms with Gasteiger partial charge in [0.25, 0.3) is 0 Å². The van der Waals surface area contributed by atoms with Crippen LogP contribution < -0.4 is 4.72 Å². The van der Waals surface area contributed by atoms with Crippen LogP contribution in [0.15, 0.2) is 24.3 Å². The van der Waals surface area contributed by atoms with Crippen molar-refractivity contribution in [3.63, 3.8) is 0 Å². The van der Waals surface area contributed by atoms with Crippen molar-refractivity contribution < 1.29 is 17.6 Å². The van der Waals surface area contributed by atoms with Gasteiger partial charge in [-0.1, -0.05) is 19.9 Å². The largest absolute Gasteiger partial charge is 0.339 e. The summed E-state index contributed by atoms with van der Waals surface area (Å²) in [7, 11) is -3.71. The van der Waals surface area contributed by atoms with Gasteiger partial charge < -0.3 is 4.90 Å². The zero-order valence-electron chi connectivity index (χ0n) is 13.5. The summed E-state index contributed by atoms with van der Waals surface area (Å²) in [6.45, 7) is 4.35. The molecule has 1 aromatic carbocycles. The number of amides is 1. The monoisotopic (exact) mass is 342 g/mol. The maximum Gasteiger partial charge on any atom is 0.233 e. The number of sulfonamides is 1. The molecule has 0 saturated carbocycles. The number of nitrogens with zero attached hydrogens (tertiary/aromatic N) is 1. The Morgan fingerprint density at radius 2 is 2.22 bits per heavy atom. The lowest BCUT2D eigenvalue weighted by Gasteiger charge is -2.26. The van der Waals surface area contributed by atoms with Gasteiger partial charge in [-0.2, -0.15) is 0 Å². The Bertz CT molecular complexity index is 663. The van der Waals surface area contributed by atoms with E-state index in [0.717, 1.165) is 25.3 Å². The SMILES string of the molecule is CCC1CCCN1C(=O)C(C)CS(=O)(=O)Nc1cccc(F)c1. The van der Waals surface area contributed by atoms with E-state index in [4.69, 9.17) is 0 Å². The third-order valence-electron chi connectivity index (χ3n) is 4.12. The molecule has 0 radical (unpaired) electrons. The molecule has 1 aliphatic rings. The maximum absolute atomic E-state index is 13.1. The second kappa shape index (κ2) is 7.29. The van der Waals surface area contributed by atoms with Crippen LogP contribution >= 0.6 is 0 Å². The van der Waals surface area contributed by atoms with Gasteiger partial charge in [0.15, 0.2) is 0 Å². The number of carbonyl (C=O) groups excluding carboxylic acids is 1. The molecule has 1 aromatic rings. The van der Waals surface area contributed by atoms with Crippen LogP contribution in [0.25, 0.3) is 0 Å². The Hall–Kier alpha value is -1.63. The molecular formula is C16H23FN2O3S. The topological polar surface area (TPSA) is 66.5 Å². The summed E-state index contributed by atoms with van der Waals surface area (Å²) < 4.78 is 39.8. The summed E-state index contributed by atoms with van der Waals surface area (Å²) in [5.74, 6) is -1.58. The molecule has 2 atom stereocenters. The number of anilines is 1. The van der Waals surface area contributed by atoms with Crippen molar-refractivity contribution in [2.45, 2.75) is 39.2 Å². The molecule has 2 unspecified atom stereocenters. The Labute approximate surface area is 136 Å². The van der Waals surface area contributed by atoms with Gasteiger partial charge in [-0.05, 0) is 37.5 Å². The fourth-order valence-electron chi connectivity index (χ4n) is 3.01. The molecule has 1 fully saturated rings. The highest BCUT2D eigenvalue weighted by Crippen LogP contribution is 2.22. The molecule has 1 N–H and O–H groups in total. The van der Waals surface area contributed by atoms with Crippen molar-refractivity contribution in [1.82, 2.24) is 4.90 Å². The minimum Gasteiger partial charge on any atom is -0.339 e. The Morgan fingerprint density at radius 1 is 1.48 bits per heavy atom. The van der Waals surface area contributed by atoms with Crippen molar-refractivity contribution in [3.8, 4) is 0 Å². The average molecular weight is 342 g/mol. The molecule has 1 amide bonds. The fraction of sp³-hybridized carbons (Fsp3) is 0.562. The van der Waals surface area contributed by atoms with Gasteiger partial charge in [0.2, 0.25) is 15.9 Å². The molecule has 7 heteroatoms. The molecule has 2 rings (SSSR count). The smallest absolute Gasteiger partial charge is 0.233 e. The predicted molar refractivity (Wildman–Crippen MR) is 88.0 cm³/mol. The van der Waals surface area contributed by atoms with E-state index >= 15 is 0 Å². The zero-order valence-corrected chi connectivity index (χ0v) is 14.3. The maximum atomic E-state index is 13.1. The normalized spacial score (nSPS) is 19.6. The molecule has 1 aliphatic heterocycles. The van der Waals surface area contributed by atoms with Crippen LogP contribution in [0.3, 0.4) is 0 Å². The van der Waals surface area contributed by atoms with Gasteiger partial charge in [0.05, 0.1) is 17.4 Å². The Balaban J connectivity index is 2.00. The minimum atomic E-state index is -3.71. The van der Waals surface area contributed by atoms with Crippen LogP contribution in [0, 0.1) is 11.7 Å². The number of hydrogen-bond acceptors (Lipinski definition) is 3. The fourth-order valence-corrected chi connectivity index (χ4v) is 4.38. The van der Waals surface area contributed by atoms with Gasteiger partial charge in [-0.25, -0.2) is 12.8 Å². The summed E-state index contributed by atoms with van der Waals surface area (Å²) in [6, 6.07) is 5.46. The third-order valence-corrected chi connectivity index (χ3v) is 5.61. The highest BCUT2D eigenvalue weighted by Gasteiger charge is 2.32. The van der Waals surface area contributed by atoms with E-state index in [1.54, 1.807) is 11.8 Å². The van der Waals surface area contributed by atoms with Gasteiger partial charge in [0, 0.05) is 12.6 Å². The predicted octanol–water partition coefficient (Wildman–Crippen LogP) is 2.60. The lowest BCUT2D eigenvalue weighted by Crippen LogP contribution is -2.41. The van der Waals surface area contributed by atoms with E-state index in [0.29, 0.717) is 6.54 Å². The first-order chi connectivity index (χ1) is 10.8. The summed E-state index contributed by atoms with van der Waals surface area (Å²) in [5.41, 5.74) is 0.164. The molecule has 23 heavy (non-hydrogen) atoms. The molecular weight excluding hydrogens is 319 g/mol. The second-order valence-electron chi connectivity index (χ2n) is 6.03. The minimum absolute atomic E-state index is 0.126. The molecule has 128 valence electrons. The molecule has 0 spiro atoms. The molecule has 0 aromatic heterocycles. The highest BCUT2D eigenvalue weighted by molar-refractivity contribution is 7.92. The summed E-state index contributed by atoms with van der Waals surface area (Å²) in [4.78, 5) is 14.3. The highest BCUT2D eigenvalue weighted by atomic mass is 32.2. The van der Waals surface area contributed by atoms with E-state index in [-0.39, 0.29) is 23.4 Å². The number of halogens is 1. The molecule has 1 saturated heterocycles. The van der Waals surface area contributed by atoms with Crippen LogP contribution in [0.5, 0.6) is 0 Å². The van der Waals surface area contributed by atoms with Crippen LogP contribution in [0.1, 0.15) is 33.1 Å². The number of hydrogen-bond donors (Lipinski definition) is 1. The lowest BCUT2D eigenvalue weighted by atomic mass is 10.1. The summed E-state index contributed by atoms with van der Waals surface area (Å²) in [5, 5.41) is 0. The number of carbonyl (C=O) groups is 1. The van der Waals surface area contributed by atoms with E-state index < -0.39 is 21.8 Å². The number of benzene rings is 1. The number of likely N-dealkylation sites (tertiary alicyclic amines) is 1. The van der Waals surface area contributed by atoms with Crippen molar-refractivity contribution in [3.05, 3.63) is 30.1 Å². The molecule has 0 bridgehead atoms. The van der Waals surface area contributed by atoms with E-state index in [1.165, 1.54) is 18.2 Å². The van der Waals surface area contributed by atoms with Gasteiger partial charge in [-0.15, -0.1) is 0 Å². The number of nitrogens with one attached hydrogen (secondary N) is 1. The van der Waals surface area contributed by atoms with Crippen LogP contribution in [0.2, 0.25) is 0 Å². The van der Waals surface area contributed by atoms with Crippen molar-refractivity contribution in [2.24, 2.45) is 5.92 Å². The van der Waals surface area contributed by atoms with Gasteiger partial charge in [0.1, 0.15) is 5.82 Å². The summed E-state index contributed by atoms with van der Waals surface area (Å²) >= 11 is 0. The lowest BCUT2D eigenvalue weighted by molar-refractivity contribution is -0.135. The second-order valence-corrected chi connectivity index (χ2v) is 7.80. The van der Waals surface area contributed by atoms with Crippen LogP contribution in [-0.4, -0.2) is 37.6 Å². The first-order valence-electron chi connectivity index (χ1n) is 7.89.